The van der Waals surface area contributed by atoms with Gasteiger partial charge in [0.05, 0.1) is 50.3 Å². The van der Waals surface area contributed by atoms with Crippen molar-refractivity contribution in [2.24, 2.45) is 17.2 Å². The number of hydrogen-bond acceptors (Lipinski definition) is 27. The molecule has 36 nitrogen and oxygen atoms in total. The molecule has 0 bridgehead atoms. The minimum Gasteiger partial charge on any atom is -0.483 e. The van der Waals surface area contributed by atoms with Crippen LogP contribution < -0.4 is 108 Å². The molecule has 41 heteroatoms. The Hall–Kier alpha value is -5.57. The van der Waals surface area contributed by atoms with Gasteiger partial charge in [-0.2, -0.15) is 37.9 Å². The fourth-order valence-electron chi connectivity index (χ4n) is 8.77. The minimum absolute atomic E-state index is 0. The van der Waals surface area contributed by atoms with Gasteiger partial charge in [-0.15, -0.1) is 0 Å². The molecule has 612 valence electrons. The maximum Gasteiger partial charge on any atom is 0.243 e. The van der Waals surface area contributed by atoms with Crippen LogP contribution in [0.5, 0.6) is 0 Å². The van der Waals surface area contributed by atoms with Crippen LogP contribution in [0.3, 0.4) is 0 Å². The van der Waals surface area contributed by atoms with Crippen LogP contribution in [0.4, 0.5) is 0 Å². The van der Waals surface area contributed by atoms with Gasteiger partial charge in [-0.25, -0.2) is 5.43 Å². The minimum atomic E-state index is -0.872. The van der Waals surface area contributed by atoms with Crippen molar-refractivity contribution in [1.82, 2.24) is 90.6 Å². The summed E-state index contributed by atoms with van der Waals surface area (Å²) in [5.74, 6) is -3.58. The molecule has 0 aromatic heterocycles. The van der Waals surface area contributed by atoms with Gasteiger partial charge in [-0.05, 0) is 146 Å². The molecular formula is C65H125N20O16S3W2-. The van der Waals surface area contributed by atoms with Crippen LogP contribution in [0, 0.1) is 6.54 Å². The van der Waals surface area contributed by atoms with E-state index in [1.54, 1.807) is 62.8 Å². The summed E-state index contributed by atoms with van der Waals surface area (Å²) >= 11 is 12.2. The SMILES string of the molecule is CCC(=O)NCC(=O)NC(CS)C(=O)NCCCCC(NC)C(C)=O.CNC(CCCCNC(=O)C(CN)NC(=O)CNC(=O)C[CH-]N)C(C)=O.CNC(CCCCNC(=O)C(CS)NC(=O)CNNC(C)=O)C(C)=O.CNC(CCCCNC(=O)CNC(=O)C(CS)NC(=O)CCC(C)N)C(C)=O.[W].[W]. The van der Waals surface area contributed by atoms with Gasteiger partial charge in [0.15, 0.2) is 5.91 Å². The summed E-state index contributed by atoms with van der Waals surface area (Å²) in [7, 11) is 6.97. The monoisotopic (exact) mass is 1910 g/mol. The molecule has 0 rings (SSSR count). The van der Waals surface area contributed by atoms with E-state index < -0.39 is 47.8 Å². The first-order valence-corrected chi connectivity index (χ1v) is 36.7. The second-order valence-electron chi connectivity index (χ2n) is 23.9. The fraction of sp³-hybridized carbons (Fsp3) is 0.738. The second kappa shape index (κ2) is 72.3. The van der Waals surface area contributed by atoms with Crippen molar-refractivity contribution < 1.29 is 119 Å². The van der Waals surface area contributed by atoms with Crippen molar-refractivity contribution in [3.8, 4) is 0 Å². The third-order valence-electron chi connectivity index (χ3n) is 14.9. The normalized spacial score (nSPS) is 12.8. The smallest absolute Gasteiger partial charge is 0.243 e. The zero-order chi connectivity index (χ0) is 80.0. The molecule has 0 spiro atoms. The van der Waals surface area contributed by atoms with Crippen LogP contribution in [-0.4, -0.2) is 253 Å². The van der Waals surface area contributed by atoms with E-state index in [1.165, 1.54) is 20.4 Å². The molecule has 12 amide bonds. The molecule has 0 saturated carbocycles. The number of Topliss-reactive ketones (excluding diaryl/α,β-unsaturated/α-hetero) is 4. The molecule has 0 aromatic carbocycles. The van der Waals surface area contributed by atoms with Crippen LogP contribution in [-0.2, 0) is 119 Å². The fourth-order valence-corrected chi connectivity index (χ4v) is 9.54. The molecule has 0 radical (unpaired) electrons. The zero-order valence-electron chi connectivity index (χ0n) is 63.5. The number of hydrogen-bond donors (Lipinski definition) is 23. The number of nitrogens with one attached hydrogen (secondary N) is 17. The number of thiol groups is 3. The largest absolute Gasteiger partial charge is 0.483 e. The number of nitrogens with two attached hydrogens (primary N) is 3. The van der Waals surface area contributed by atoms with Gasteiger partial charge >= 0.3 is 0 Å². The summed E-state index contributed by atoms with van der Waals surface area (Å²) in [6.45, 7) is 13.1. The van der Waals surface area contributed by atoms with Gasteiger partial charge in [0, 0.05) is 118 Å². The average molecular weight is 1910 g/mol. The Kier molecular flexibility index (Phi) is 75.9. The third kappa shape index (κ3) is 63.4. The number of hydrazine groups is 1. The number of ketones is 4. The Morgan fingerprint density at radius 2 is 0.689 bits per heavy atom. The second-order valence-corrected chi connectivity index (χ2v) is 25.0. The molecule has 0 aliphatic carbocycles. The van der Waals surface area contributed by atoms with Gasteiger partial charge in [0.25, 0.3) is 0 Å². The molecular weight excluding hydrogens is 1780 g/mol. The molecule has 0 heterocycles. The van der Waals surface area contributed by atoms with E-state index in [0.717, 1.165) is 44.9 Å². The van der Waals surface area contributed by atoms with Crippen molar-refractivity contribution in [3.05, 3.63) is 6.54 Å². The van der Waals surface area contributed by atoms with Crippen molar-refractivity contribution in [1.29, 1.82) is 0 Å². The van der Waals surface area contributed by atoms with Gasteiger partial charge in [0.2, 0.25) is 65.0 Å². The molecule has 0 aliphatic rings. The quantitative estimate of drug-likeness (QED) is 0.0117. The first-order valence-electron chi connectivity index (χ1n) is 34.8. The van der Waals surface area contributed by atoms with E-state index >= 15 is 0 Å². The van der Waals surface area contributed by atoms with Crippen LogP contribution in [0.15, 0.2) is 0 Å². The van der Waals surface area contributed by atoms with Crippen molar-refractivity contribution in [2.45, 2.75) is 206 Å². The summed E-state index contributed by atoms with van der Waals surface area (Å²) in [5, 5.41) is 40.1. The van der Waals surface area contributed by atoms with E-state index in [9.17, 15) is 76.7 Å². The van der Waals surface area contributed by atoms with Crippen molar-refractivity contribution in [2.75, 3.05) is 104 Å². The molecule has 0 saturated heterocycles. The summed E-state index contributed by atoms with van der Waals surface area (Å²) in [5.41, 5.74) is 20.9. The predicted octanol–water partition coefficient (Wildman–Crippen LogP) is -5.48. The summed E-state index contributed by atoms with van der Waals surface area (Å²) in [6, 6.07) is -3.91. The molecule has 0 aliphatic heterocycles. The summed E-state index contributed by atoms with van der Waals surface area (Å²) < 4.78 is 0. The summed E-state index contributed by atoms with van der Waals surface area (Å²) in [4.78, 5) is 185. The maximum atomic E-state index is 12.1. The van der Waals surface area contributed by atoms with Crippen LogP contribution in [0.25, 0.3) is 0 Å². The number of carbonyl (C=O) groups is 16. The summed E-state index contributed by atoms with van der Waals surface area (Å²) in [6.07, 6.45) is 9.95. The third-order valence-corrected chi connectivity index (χ3v) is 16.0. The Labute approximate surface area is 670 Å². The first kappa shape index (κ1) is 111. The van der Waals surface area contributed by atoms with Gasteiger partial charge in [-0.3, -0.25) is 88.7 Å². The standard InChI is InChI=1S/C18H35N5O4S.C16H31N6O4.C16H30N4O4S.C15H29N5O4S.2W/c1-12(19)7-8-16(25)23-15(11-28)18(27)22-10-17(26)21-9-5-4-6-14(20-3)13(2)24;1-11(23)12(19-2)5-3-4-8-20-16(26)13(9-18)22-15(25)10-21-14(24)6-7-17;1-4-14(22)19-9-15(23)20-13(10-25)16(24)18-8-6-5-7-12(17-3)11(2)21;1-10(21)12(16-3)6-4-5-7-17-15(24)13(9-25)19-14(23)8-18-20-11(2)22;;/h12,14-15,20,28H,4-11,19H2,1-3H3,(H,21,26)(H,22,27)(H,23,25);7,12-13,19H,3-6,8-10,17-18H2,1-2H3,(H,20,26)(H,21,24)(H,22,25);12-13,17,25H,4-10H2,1-3H3,(H,18,24)(H,19,22)(H,20,23);12-13,16,18,25H,4-9H2,1-3H3,(H,17,24)(H,19,23)(H,20,22);;/q;-1;;;;. The van der Waals surface area contributed by atoms with Crippen LogP contribution >= 0.6 is 37.9 Å². The van der Waals surface area contributed by atoms with Gasteiger partial charge in [0.1, 0.15) is 47.3 Å². The number of likely N-dealkylation sites (N-methyl/N-ethyl adjacent to an activating group) is 4. The topological polar surface area (TPSA) is 556 Å². The molecule has 0 fully saturated rings. The predicted molar refractivity (Wildman–Crippen MR) is 407 cm³/mol. The number of amides is 12. The zero-order valence-corrected chi connectivity index (χ0v) is 72.0. The Balaban J connectivity index is -0.000000313. The number of carbonyl (C=O) groups excluding carboxylic acids is 16. The van der Waals surface area contributed by atoms with E-state index in [2.05, 4.69) is 128 Å². The molecule has 23 N–H and O–H groups in total. The van der Waals surface area contributed by atoms with E-state index in [1.807, 2.05) is 0 Å². The molecule has 106 heavy (non-hydrogen) atoms. The Bertz CT molecular complexity index is 2600. The van der Waals surface area contributed by atoms with Gasteiger partial charge in [-0.1, -0.05) is 13.3 Å². The van der Waals surface area contributed by atoms with E-state index in [-0.39, 0.29) is 206 Å². The van der Waals surface area contributed by atoms with Gasteiger partial charge < -0.3 is 97.0 Å². The van der Waals surface area contributed by atoms with E-state index in [4.69, 9.17) is 17.2 Å². The van der Waals surface area contributed by atoms with Crippen molar-refractivity contribution >= 4 is 132 Å². The Morgan fingerprint density at radius 1 is 0.377 bits per heavy atom. The Morgan fingerprint density at radius 3 is 1.00 bits per heavy atom. The van der Waals surface area contributed by atoms with Crippen LogP contribution in [0.2, 0.25) is 0 Å². The first-order chi connectivity index (χ1) is 49.2. The molecule has 0 aromatic rings. The average Bonchev–Trinajstić information content (AvgIpc) is 0.944. The molecule has 9 atom stereocenters. The number of rotatable bonds is 55. The molecule has 9 unspecified atom stereocenters. The van der Waals surface area contributed by atoms with Crippen molar-refractivity contribution in [3.63, 3.8) is 0 Å². The maximum absolute atomic E-state index is 12.1. The number of unbranched alkanes of at least 4 members (excludes halogenated alkanes) is 4. The van der Waals surface area contributed by atoms with E-state index in [0.29, 0.717) is 71.1 Å². The van der Waals surface area contributed by atoms with Crippen LogP contribution in [0.1, 0.15) is 151 Å².